The molecule has 3 aromatic rings. The monoisotopic (exact) mass is 673 g/mol. The third-order valence-electron chi connectivity index (χ3n) is 8.28. The molecule has 40 heavy (non-hydrogen) atoms. The average Bonchev–Trinajstić information content (AvgIpc) is 2.96. The lowest BCUT2D eigenvalue weighted by Gasteiger charge is -2.46. The summed E-state index contributed by atoms with van der Waals surface area (Å²) in [5, 5.41) is 11.1. The average molecular weight is 674 g/mol. The molecule has 1 aliphatic heterocycles. The van der Waals surface area contributed by atoms with Gasteiger partial charge in [0.15, 0.2) is 0 Å². The van der Waals surface area contributed by atoms with Gasteiger partial charge in [-0.1, -0.05) is 67.7 Å². The van der Waals surface area contributed by atoms with Crippen LogP contribution in [0.5, 0.6) is 11.5 Å². The summed E-state index contributed by atoms with van der Waals surface area (Å²) in [5.41, 5.74) is 2.04. The summed E-state index contributed by atoms with van der Waals surface area (Å²) in [6.45, 7) is 7.47. The number of carbonyl (C=O) groups is 1. The van der Waals surface area contributed by atoms with E-state index in [2.05, 4.69) is 60.8 Å². The highest BCUT2D eigenvalue weighted by molar-refractivity contribution is 14.1. The van der Waals surface area contributed by atoms with Gasteiger partial charge in [0, 0.05) is 47.2 Å². The van der Waals surface area contributed by atoms with E-state index in [0.717, 1.165) is 26.2 Å². The van der Waals surface area contributed by atoms with Gasteiger partial charge in [0.05, 0.1) is 27.9 Å². The van der Waals surface area contributed by atoms with Gasteiger partial charge in [0.2, 0.25) is 5.91 Å². The van der Waals surface area contributed by atoms with Gasteiger partial charge in [-0.15, -0.1) is 0 Å². The van der Waals surface area contributed by atoms with Crippen LogP contribution < -0.4 is 14.7 Å². The normalized spacial score (nSPS) is 19.3. The van der Waals surface area contributed by atoms with Crippen LogP contribution in [0.1, 0.15) is 30.6 Å². The lowest BCUT2D eigenvalue weighted by Crippen LogP contribution is -2.55. The molecule has 4 atom stereocenters. The third kappa shape index (κ3) is 6.73. The number of rotatable bonds is 11. The third-order valence-corrected chi connectivity index (χ3v) is 13.2. The van der Waals surface area contributed by atoms with Gasteiger partial charge in [-0.05, 0) is 58.5 Å². The van der Waals surface area contributed by atoms with E-state index in [1.807, 2.05) is 54.6 Å². The first-order chi connectivity index (χ1) is 19.2. The molecular formula is C32H40INO5Si. The van der Waals surface area contributed by atoms with Crippen molar-refractivity contribution in [1.29, 1.82) is 0 Å². The molecule has 0 radical (unpaired) electrons. The minimum Gasteiger partial charge on any atom is -0.497 e. The Bertz CT molecular complexity index is 1270. The number of hydrogen-bond donors (Lipinski definition) is 1. The van der Waals surface area contributed by atoms with E-state index >= 15 is 0 Å². The number of nitrogens with zero attached hydrogens (tertiary/aromatic N) is 1. The maximum Gasteiger partial charge on any atom is 0.223 e. The predicted octanol–water partition coefficient (Wildman–Crippen LogP) is 5.78. The number of amides is 1. The number of aliphatic hydroxyl groups is 1. The smallest absolute Gasteiger partial charge is 0.223 e. The highest BCUT2D eigenvalue weighted by atomic mass is 127. The van der Waals surface area contributed by atoms with Crippen molar-refractivity contribution in [2.24, 2.45) is 5.92 Å². The van der Waals surface area contributed by atoms with Crippen LogP contribution in [-0.2, 0) is 16.1 Å². The first-order valence-electron chi connectivity index (χ1n) is 13.8. The highest BCUT2D eigenvalue weighted by Crippen LogP contribution is 2.47. The quantitative estimate of drug-likeness (QED) is 0.207. The Kier molecular flexibility index (Phi) is 10.3. The van der Waals surface area contributed by atoms with Crippen molar-refractivity contribution >= 4 is 41.8 Å². The second-order valence-electron chi connectivity index (χ2n) is 11.1. The molecule has 1 N–H and O–H groups in total. The Balaban J connectivity index is 1.73. The second kappa shape index (κ2) is 13.5. The van der Waals surface area contributed by atoms with Gasteiger partial charge in [-0.25, -0.2) is 0 Å². The molecule has 1 heterocycles. The fourth-order valence-electron chi connectivity index (χ4n) is 5.90. The minimum absolute atomic E-state index is 0.0233. The topological polar surface area (TPSA) is 68.2 Å². The molecule has 0 bridgehead atoms. The summed E-state index contributed by atoms with van der Waals surface area (Å²) in [4.78, 5) is 15.8. The number of methoxy groups -OCH3 is 2. The van der Waals surface area contributed by atoms with Gasteiger partial charge in [-0.3, -0.25) is 4.79 Å². The van der Waals surface area contributed by atoms with Crippen molar-refractivity contribution in [2.75, 3.05) is 27.4 Å². The molecule has 3 aromatic carbocycles. The first kappa shape index (κ1) is 30.6. The zero-order valence-corrected chi connectivity index (χ0v) is 27.1. The molecule has 0 spiro atoms. The molecular weight excluding hydrogens is 633 g/mol. The molecule has 8 heteroatoms. The van der Waals surface area contributed by atoms with E-state index in [1.165, 1.54) is 5.19 Å². The molecule has 0 saturated heterocycles. The van der Waals surface area contributed by atoms with Crippen LogP contribution in [0.4, 0.5) is 0 Å². The predicted molar refractivity (Wildman–Crippen MR) is 170 cm³/mol. The lowest BCUT2D eigenvalue weighted by molar-refractivity contribution is -0.133. The van der Waals surface area contributed by atoms with E-state index in [0.29, 0.717) is 13.0 Å². The summed E-state index contributed by atoms with van der Waals surface area (Å²) in [6.07, 6.45) is -0.0408. The van der Waals surface area contributed by atoms with Crippen LogP contribution in [0, 0.1) is 9.49 Å². The van der Waals surface area contributed by atoms with E-state index < -0.39 is 8.07 Å². The largest absolute Gasteiger partial charge is 0.497 e. The van der Waals surface area contributed by atoms with Crippen LogP contribution in [0.2, 0.25) is 18.6 Å². The first-order valence-corrected chi connectivity index (χ1v) is 17.9. The molecule has 4 rings (SSSR count). The number of carbonyl (C=O) groups excluding carboxylic acids is 1. The van der Waals surface area contributed by atoms with Crippen molar-refractivity contribution in [3.8, 4) is 11.5 Å². The van der Waals surface area contributed by atoms with Gasteiger partial charge in [0.1, 0.15) is 17.6 Å². The van der Waals surface area contributed by atoms with E-state index in [4.69, 9.17) is 14.2 Å². The number of fused-ring (bicyclic) bond motifs is 1. The fourth-order valence-corrected chi connectivity index (χ4v) is 9.75. The van der Waals surface area contributed by atoms with Crippen molar-refractivity contribution in [3.05, 3.63) is 87.5 Å². The Morgan fingerprint density at radius 1 is 1.07 bits per heavy atom. The summed E-state index contributed by atoms with van der Waals surface area (Å²) in [7, 11) is 1.10. The van der Waals surface area contributed by atoms with Gasteiger partial charge >= 0.3 is 0 Å². The number of benzene rings is 3. The maximum absolute atomic E-state index is 14.0. The van der Waals surface area contributed by atoms with Crippen LogP contribution in [0.3, 0.4) is 0 Å². The minimum atomic E-state index is -2.32. The molecule has 1 unspecified atom stereocenters. The molecule has 6 nitrogen and oxygen atoms in total. The van der Waals surface area contributed by atoms with Crippen molar-refractivity contribution in [2.45, 2.75) is 50.7 Å². The second-order valence-corrected chi connectivity index (χ2v) is 17.1. The lowest BCUT2D eigenvalue weighted by atomic mass is 9.86. The van der Waals surface area contributed by atoms with Crippen molar-refractivity contribution in [1.82, 2.24) is 4.90 Å². The molecule has 0 fully saturated rings. The summed E-state index contributed by atoms with van der Waals surface area (Å²) < 4.78 is 19.4. The number of aliphatic hydroxyl groups excluding tert-OH is 1. The van der Waals surface area contributed by atoms with E-state index in [-0.39, 0.29) is 42.7 Å². The Hall–Kier alpha value is -2.40. The Morgan fingerprint density at radius 2 is 1.77 bits per heavy atom. The zero-order chi connectivity index (χ0) is 28.9. The SMILES string of the molecule is COc1ccc([Si](C)(C)C(CC(=O)N(CCO)Cc2ccccc2)[C@@H]2Oc3ccc(I)cc3[C@H](OC)[C@H]2C)cc1. The molecule has 0 aromatic heterocycles. The van der Waals surface area contributed by atoms with E-state index in [1.54, 1.807) is 19.1 Å². The molecule has 0 aliphatic carbocycles. The van der Waals surface area contributed by atoms with Crippen molar-refractivity contribution in [3.63, 3.8) is 0 Å². The zero-order valence-electron chi connectivity index (χ0n) is 24.0. The van der Waals surface area contributed by atoms with Crippen LogP contribution in [0.25, 0.3) is 0 Å². The fraction of sp³-hybridized carbons (Fsp3) is 0.406. The van der Waals surface area contributed by atoms with Gasteiger partial charge in [0.25, 0.3) is 0 Å². The number of hydrogen-bond acceptors (Lipinski definition) is 5. The van der Waals surface area contributed by atoms with Crippen LogP contribution >= 0.6 is 22.6 Å². The van der Waals surface area contributed by atoms with Crippen LogP contribution in [-0.4, -0.2) is 57.5 Å². The van der Waals surface area contributed by atoms with Gasteiger partial charge < -0.3 is 24.2 Å². The van der Waals surface area contributed by atoms with Crippen molar-refractivity contribution < 1.29 is 24.1 Å². The highest BCUT2D eigenvalue weighted by Gasteiger charge is 2.48. The summed E-state index contributed by atoms with van der Waals surface area (Å²) >= 11 is 2.32. The molecule has 1 amide bonds. The summed E-state index contributed by atoms with van der Waals surface area (Å²) in [6, 6.07) is 24.4. The molecule has 1 aliphatic rings. The van der Waals surface area contributed by atoms with E-state index in [9.17, 15) is 9.90 Å². The molecule has 0 saturated carbocycles. The Labute approximate surface area is 252 Å². The summed E-state index contributed by atoms with van der Waals surface area (Å²) in [5.74, 6) is 1.68. The maximum atomic E-state index is 14.0. The number of ether oxygens (including phenoxy) is 3. The standard InChI is InChI=1S/C32H40INO5Si/c1-22-31(38-3)27-19-24(33)11-16-28(27)39-32(22)29(40(4,5)26-14-12-25(37-2)13-15-26)20-30(36)34(17-18-35)21-23-9-7-6-8-10-23/h6-16,19,22,29,31-32,35H,17-18,20-21H2,1-5H3/t22-,29?,31-,32-/m1/s1. The number of halogens is 1. The molecule has 214 valence electrons. The van der Waals surface area contributed by atoms with Gasteiger partial charge in [-0.2, -0.15) is 0 Å². The van der Waals surface area contributed by atoms with Crippen LogP contribution in [0.15, 0.2) is 72.8 Å². The Morgan fingerprint density at radius 3 is 2.40 bits per heavy atom.